The smallest absolute Gasteiger partial charge is 0.0639 e. The van der Waals surface area contributed by atoms with Crippen LogP contribution in [-0.4, -0.2) is 48.0 Å². The fraction of sp³-hybridized carbons (Fsp3) is 1.00. The Labute approximate surface area is 73.3 Å². The number of hydrogen-bond donors (Lipinski definition) is 1. The van der Waals surface area contributed by atoms with Crippen molar-refractivity contribution in [2.45, 2.75) is 38.0 Å². The van der Waals surface area contributed by atoms with Gasteiger partial charge in [-0.2, -0.15) is 0 Å². The number of aliphatic hydroxyl groups is 1. The van der Waals surface area contributed by atoms with Gasteiger partial charge >= 0.3 is 0 Å². The Bertz CT molecular complexity index is 145. The Balaban J connectivity index is 1.96. The molecule has 2 aliphatic rings. The molecule has 0 aromatic rings. The molecule has 1 N–H and O–H groups in total. The van der Waals surface area contributed by atoms with Gasteiger partial charge in [-0.1, -0.05) is 0 Å². The van der Waals surface area contributed by atoms with Crippen LogP contribution in [0.4, 0.5) is 0 Å². The first-order chi connectivity index (χ1) is 5.77. The second-order valence-corrected chi connectivity index (χ2v) is 3.97. The maximum atomic E-state index is 9.29. The summed E-state index contributed by atoms with van der Waals surface area (Å²) in [6.07, 6.45) is 2.29. The maximum Gasteiger partial charge on any atom is 0.0639 e. The van der Waals surface area contributed by atoms with E-state index in [0.29, 0.717) is 12.1 Å². The standard InChI is InChI=1S/C9H17NO2/c1-7(11)4-10-8-2-3-9(10)6-12-5-8/h7-9,11H,2-6H2,1H3/t7-,8?,9?/m1/s1. The van der Waals surface area contributed by atoms with Gasteiger partial charge in [0.1, 0.15) is 0 Å². The van der Waals surface area contributed by atoms with Gasteiger partial charge in [0.25, 0.3) is 0 Å². The second-order valence-electron chi connectivity index (χ2n) is 3.97. The molecule has 70 valence electrons. The van der Waals surface area contributed by atoms with Gasteiger partial charge in [-0.25, -0.2) is 0 Å². The zero-order valence-electron chi connectivity index (χ0n) is 7.57. The van der Waals surface area contributed by atoms with Crippen LogP contribution in [0.3, 0.4) is 0 Å². The molecule has 2 aliphatic heterocycles. The molecule has 0 aromatic heterocycles. The summed E-state index contributed by atoms with van der Waals surface area (Å²) < 4.78 is 5.45. The maximum absolute atomic E-state index is 9.29. The highest BCUT2D eigenvalue weighted by Gasteiger charge is 2.37. The van der Waals surface area contributed by atoms with Crippen LogP contribution in [0.1, 0.15) is 19.8 Å². The summed E-state index contributed by atoms with van der Waals surface area (Å²) in [6.45, 7) is 4.40. The fourth-order valence-electron chi connectivity index (χ4n) is 2.32. The van der Waals surface area contributed by atoms with Gasteiger partial charge in [0, 0.05) is 18.6 Å². The van der Waals surface area contributed by atoms with Crippen molar-refractivity contribution in [1.82, 2.24) is 4.90 Å². The van der Waals surface area contributed by atoms with E-state index in [4.69, 9.17) is 4.74 Å². The summed E-state index contributed by atoms with van der Waals surface area (Å²) in [4.78, 5) is 2.41. The van der Waals surface area contributed by atoms with Crippen molar-refractivity contribution in [2.24, 2.45) is 0 Å². The third kappa shape index (κ3) is 1.49. The number of hydrogen-bond acceptors (Lipinski definition) is 3. The molecule has 2 unspecified atom stereocenters. The topological polar surface area (TPSA) is 32.7 Å². The van der Waals surface area contributed by atoms with Crippen molar-refractivity contribution in [3.63, 3.8) is 0 Å². The van der Waals surface area contributed by atoms with Crippen LogP contribution in [0.2, 0.25) is 0 Å². The minimum atomic E-state index is -0.203. The van der Waals surface area contributed by atoms with Crippen molar-refractivity contribution in [3.8, 4) is 0 Å². The molecule has 3 heteroatoms. The minimum absolute atomic E-state index is 0.203. The molecular weight excluding hydrogens is 154 g/mol. The Hall–Kier alpha value is -0.120. The molecule has 2 saturated heterocycles. The first-order valence-electron chi connectivity index (χ1n) is 4.79. The van der Waals surface area contributed by atoms with Crippen LogP contribution in [0, 0.1) is 0 Å². The van der Waals surface area contributed by atoms with Gasteiger partial charge in [-0.3, -0.25) is 4.90 Å². The first-order valence-corrected chi connectivity index (χ1v) is 4.79. The van der Waals surface area contributed by atoms with Gasteiger partial charge < -0.3 is 9.84 Å². The lowest BCUT2D eigenvalue weighted by atomic mass is 10.2. The highest BCUT2D eigenvalue weighted by molar-refractivity contribution is 4.91. The number of aliphatic hydroxyl groups excluding tert-OH is 1. The molecule has 3 nitrogen and oxygen atoms in total. The highest BCUT2D eigenvalue weighted by Crippen LogP contribution is 2.28. The first kappa shape index (κ1) is 8.48. The van der Waals surface area contributed by atoms with Crippen LogP contribution in [0.5, 0.6) is 0 Å². The largest absolute Gasteiger partial charge is 0.392 e. The van der Waals surface area contributed by atoms with Gasteiger partial charge in [0.05, 0.1) is 19.3 Å². The number of ether oxygens (including phenoxy) is 1. The fourth-order valence-corrected chi connectivity index (χ4v) is 2.32. The number of nitrogens with zero attached hydrogens (tertiary/aromatic N) is 1. The van der Waals surface area contributed by atoms with Crippen LogP contribution in [0.15, 0.2) is 0 Å². The summed E-state index contributed by atoms with van der Waals surface area (Å²) in [6, 6.07) is 1.16. The lowest BCUT2D eigenvalue weighted by molar-refractivity contribution is -0.0305. The third-order valence-corrected chi connectivity index (χ3v) is 2.87. The normalized spacial score (nSPS) is 38.5. The van der Waals surface area contributed by atoms with Crippen molar-refractivity contribution in [2.75, 3.05) is 19.8 Å². The van der Waals surface area contributed by atoms with Crippen LogP contribution < -0.4 is 0 Å². The average molecular weight is 171 g/mol. The van der Waals surface area contributed by atoms with Crippen molar-refractivity contribution < 1.29 is 9.84 Å². The SMILES string of the molecule is C[C@@H](O)CN1C2CCC1COC2. The number of fused-ring (bicyclic) bond motifs is 2. The van der Waals surface area contributed by atoms with Crippen LogP contribution in [-0.2, 0) is 4.74 Å². The monoisotopic (exact) mass is 171 g/mol. The van der Waals surface area contributed by atoms with Crippen LogP contribution >= 0.6 is 0 Å². The Morgan fingerprint density at radius 1 is 1.42 bits per heavy atom. The number of rotatable bonds is 2. The van der Waals surface area contributed by atoms with E-state index in [9.17, 15) is 5.11 Å². The van der Waals surface area contributed by atoms with Gasteiger partial charge in [-0.15, -0.1) is 0 Å². The van der Waals surface area contributed by atoms with Gasteiger partial charge in [0.2, 0.25) is 0 Å². The molecule has 0 aliphatic carbocycles. The van der Waals surface area contributed by atoms with E-state index in [1.54, 1.807) is 0 Å². The molecule has 0 aromatic carbocycles. The number of morpholine rings is 1. The summed E-state index contributed by atoms with van der Waals surface area (Å²) >= 11 is 0. The molecule has 0 amide bonds. The molecule has 0 radical (unpaired) electrons. The van der Waals surface area contributed by atoms with E-state index >= 15 is 0 Å². The summed E-state index contributed by atoms with van der Waals surface area (Å²) in [5.41, 5.74) is 0. The average Bonchev–Trinajstić information content (AvgIpc) is 2.30. The molecule has 3 atom stereocenters. The van der Waals surface area contributed by atoms with E-state index in [-0.39, 0.29) is 6.10 Å². The molecule has 12 heavy (non-hydrogen) atoms. The minimum Gasteiger partial charge on any atom is -0.392 e. The highest BCUT2D eigenvalue weighted by atomic mass is 16.5. The van der Waals surface area contributed by atoms with Crippen molar-refractivity contribution >= 4 is 0 Å². The second kappa shape index (κ2) is 3.32. The third-order valence-electron chi connectivity index (χ3n) is 2.87. The summed E-state index contributed by atoms with van der Waals surface area (Å²) in [7, 11) is 0. The predicted molar refractivity (Wildman–Crippen MR) is 46.0 cm³/mol. The lowest BCUT2D eigenvalue weighted by Gasteiger charge is -2.35. The van der Waals surface area contributed by atoms with E-state index < -0.39 is 0 Å². The Morgan fingerprint density at radius 2 is 2.00 bits per heavy atom. The summed E-state index contributed by atoms with van der Waals surface area (Å²) in [5, 5.41) is 9.29. The van der Waals surface area contributed by atoms with E-state index in [1.807, 2.05) is 6.92 Å². The molecule has 0 saturated carbocycles. The Kier molecular flexibility index (Phi) is 2.35. The zero-order valence-corrected chi connectivity index (χ0v) is 7.57. The zero-order chi connectivity index (χ0) is 8.55. The van der Waals surface area contributed by atoms with E-state index in [1.165, 1.54) is 12.8 Å². The van der Waals surface area contributed by atoms with Crippen LogP contribution in [0.25, 0.3) is 0 Å². The molecule has 2 bridgehead atoms. The quantitative estimate of drug-likeness (QED) is 0.645. The molecule has 2 fully saturated rings. The van der Waals surface area contributed by atoms with Crippen molar-refractivity contribution in [1.29, 1.82) is 0 Å². The summed E-state index contributed by atoms with van der Waals surface area (Å²) in [5.74, 6) is 0. The van der Waals surface area contributed by atoms with E-state index in [2.05, 4.69) is 4.90 Å². The lowest BCUT2D eigenvalue weighted by Crippen LogP contribution is -2.48. The molecule has 2 heterocycles. The molecule has 0 spiro atoms. The van der Waals surface area contributed by atoms with Gasteiger partial charge in [-0.05, 0) is 19.8 Å². The molecule has 2 rings (SSSR count). The molecular formula is C9H17NO2. The predicted octanol–water partition coefficient (Wildman–Crippen LogP) is 0.230. The van der Waals surface area contributed by atoms with Gasteiger partial charge in [0.15, 0.2) is 0 Å². The van der Waals surface area contributed by atoms with E-state index in [0.717, 1.165) is 19.8 Å². The van der Waals surface area contributed by atoms with Crippen molar-refractivity contribution in [3.05, 3.63) is 0 Å². The Morgan fingerprint density at radius 3 is 2.50 bits per heavy atom.